The molecule has 0 aromatic heterocycles. The molecule has 0 saturated carbocycles. The number of rotatable bonds is 9. The lowest BCUT2D eigenvalue weighted by atomic mass is 10.2. The molecule has 12 heteroatoms. The van der Waals surface area contributed by atoms with Gasteiger partial charge in [-0.05, 0) is 24.3 Å². The van der Waals surface area contributed by atoms with Gasteiger partial charge < -0.3 is 28.4 Å². The molecule has 0 N–H and O–H groups in total. The van der Waals surface area contributed by atoms with Crippen LogP contribution in [0, 0.1) is 0 Å². The van der Waals surface area contributed by atoms with Gasteiger partial charge in [0.15, 0.2) is 0 Å². The average molecular weight is 502 g/mol. The molecule has 0 amide bonds. The van der Waals surface area contributed by atoms with Crippen LogP contribution >= 0.6 is 0 Å². The summed E-state index contributed by atoms with van der Waals surface area (Å²) in [5.41, 5.74) is -0.173. The summed E-state index contributed by atoms with van der Waals surface area (Å²) >= 11 is 0. The van der Waals surface area contributed by atoms with E-state index in [4.69, 9.17) is 28.4 Å². The second-order valence-corrected chi connectivity index (χ2v) is 7.03. The SMILES string of the molecule is CC(=O)Oc1cc(OC(C)=O)cc(C(=O)OCCOC(=O)c2cc(OC(C)=O)cc(OC(C)=O)c2)c1. The van der Waals surface area contributed by atoms with Crippen molar-refractivity contribution < 1.29 is 57.2 Å². The molecule has 0 saturated heterocycles. The second kappa shape index (κ2) is 12.6. The minimum absolute atomic E-state index is 0.0455. The lowest BCUT2D eigenvalue weighted by Crippen LogP contribution is -2.15. The summed E-state index contributed by atoms with van der Waals surface area (Å²) in [5.74, 6) is -4.55. The zero-order valence-electron chi connectivity index (χ0n) is 19.8. The Morgan fingerprint density at radius 2 is 0.722 bits per heavy atom. The number of hydrogen-bond acceptors (Lipinski definition) is 12. The Balaban J connectivity index is 2.03. The Morgan fingerprint density at radius 1 is 0.472 bits per heavy atom. The van der Waals surface area contributed by atoms with Crippen LogP contribution in [0.1, 0.15) is 48.4 Å². The summed E-state index contributed by atoms with van der Waals surface area (Å²) in [6, 6.07) is 7.32. The molecule has 0 bridgehead atoms. The first-order valence-electron chi connectivity index (χ1n) is 10.3. The molecule has 0 radical (unpaired) electrons. The van der Waals surface area contributed by atoms with Gasteiger partial charge in [0.1, 0.15) is 36.2 Å². The molecule has 0 aliphatic carbocycles. The van der Waals surface area contributed by atoms with E-state index in [9.17, 15) is 28.8 Å². The third-order valence-electron chi connectivity index (χ3n) is 3.83. The van der Waals surface area contributed by atoms with Crippen molar-refractivity contribution in [3.8, 4) is 23.0 Å². The van der Waals surface area contributed by atoms with Gasteiger partial charge in [-0.15, -0.1) is 0 Å². The molecule has 36 heavy (non-hydrogen) atoms. The molecule has 190 valence electrons. The third-order valence-corrected chi connectivity index (χ3v) is 3.83. The van der Waals surface area contributed by atoms with Gasteiger partial charge in [-0.25, -0.2) is 9.59 Å². The number of hydrogen-bond donors (Lipinski definition) is 0. The maximum Gasteiger partial charge on any atom is 0.338 e. The van der Waals surface area contributed by atoms with Crippen LogP contribution in [-0.2, 0) is 28.7 Å². The van der Waals surface area contributed by atoms with Gasteiger partial charge in [0.25, 0.3) is 0 Å². The smallest absolute Gasteiger partial charge is 0.338 e. The van der Waals surface area contributed by atoms with Crippen molar-refractivity contribution in [2.45, 2.75) is 27.7 Å². The Labute approximate surface area is 205 Å². The van der Waals surface area contributed by atoms with Crippen LogP contribution in [0.3, 0.4) is 0 Å². The summed E-state index contributed by atoms with van der Waals surface area (Å²) in [7, 11) is 0. The highest BCUT2D eigenvalue weighted by atomic mass is 16.6. The normalized spacial score (nSPS) is 10.0. The van der Waals surface area contributed by atoms with Crippen molar-refractivity contribution >= 4 is 35.8 Å². The molecule has 0 unspecified atom stereocenters. The van der Waals surface area contributed by atoms with Crippen molar-refractivity contribution in [1.29, 1.82) is 0 Å². The highest BCUT2D eigenvalue weighted by molar-refractivity contribution is 5.92. The molecule has 0 atom stereocenters. The highest BCUT2D eigenvalue weighted by Gasteiger charge is 2.16. The van der Waals surface area contributed by atoms with E-state index in [-0.39, 0.29) is 47.3 Å². The van der Waals surface area contributed by atoms with Crippen molar-refractivity contribution in [2.75, 3.05) is 13.2 Å². The molecule has 2 aromatic carbocycles. The quantitative estimate of drug-likeness (QED) is 0.280. The van der Waals surface area contributed by atoms with Crippen molar-refractivity contribution in [3.63, 3.8) is 0 Å². The Bertz CT molecular complexity index is 1040. The highest BCUT2D eigenvalue weighted by Crippen LogP contribution is 2.25. The molecule has 2 rings (SSSR count). The van der Waals surface area contributed by atoms with E-state index in [0.29, 0.717) is 0 Å². The first-order chi connectivity index (χ1) is 16.9. The van der Waals surface area contributed by atoms with Crippen LogP contribution in [0.4, 0.5) is 0 Å². The number of carbonyl (C=O) groups is 6. The molecule has 0 heterocycles. The fraction of sp³-hybridized carbons (Fsp3) is 0.250. The number of esters is 6. The van der Waals surface area contributed by atoms with E-state index in [1.165, 1.54) is 36.4 Å². The largest absolute Gasteiger partial charge is 0.458 e. The second-order valence-electron chi connectivity index (χ2n) is 7.03. The predicted octanol–water partition coefficient (Wildman–Crippen LogP) is 2.40. The van der Waals surface area contributed by atoms with E-state index < -0.39 is 35.8 Å². The molecule has 2 aromatic rings. The standard InChI is InChI=1S/C24H22O12/c1-13(25)33-19-7-17(8-20(11-19)34-14(2)26)23(29)31-5-6-32-24(30)18-9-21(35-15(3)27)12-22(10-18)36-16(4)28/h7-12H,5-6H2,1-4H3. The molecule has 0 fully saturated rings. The van der Waals surface area contributed by atoms with Gasteiger partial charge in [0.2, 0.25) is 0 Å². The fourth-order valence-electron chi connectivity index (χ4n) is 2.71. The minimum atomic E-state index is -0.873. The maximum atomic E-state index is 12.4. The van der Waals surface area contributed by atoms with E-state index in [1.54, 1.807) is 0 Å². The lowest BCUT2D eigenvalue weighted by molar-refractivity contribution is -0.133. The maximum absolute atomic E-state index is 12.4. The Hall–Kier alpha value is -4.74. The van der Waals surface area contributed by atoms with E-state index in [0.717, 1.165) is 27.7 Å². The van der Waals surface area contributed by atoms with Crippen LogP contribution in [0.5, 0.6) is 23.0 Å². The summed E-state index contributed by atoms with van der Waals surface area (Å²) in [6.45, 7) is 3.91. The first kappa shape index (κ1) is 27.5. The molecule has 12 nitrogen and oxygen atoms in total. The van der Waals surface area contributed by atoms with Gasteiger partial charge in [-0.1, -0.05) is 0 Å². The van der Waals surface area contributed by atoms with Crippen LogP contribution in [0.2, 0.25) is 0 Å². The van der Waals surface area contributed by atoms with Crippen molar-refractivity contribution in [3.05, 3.63) is 47.5 Å². The van der Waals surface area contributed by atoms with Crippen LogP contribution < -0.4 is 18.9 Å². The monoisotopic (exact) mass is 502 g/mol. The minimum Gasteiger partial charge on any atom is -0.458 e. The van der Waals surface area contributed by atoms with Crippen molar-refractivity contribution in [2.24, 2.45) is 0 Å². The Morgan fingerprint density at radius 3 is 0.944 bits per heavy atom. The van der Waals surface area contributed by atoms with E-state index in [1.807, 2.05) is 0 Å². The summed E-state index contributed by atoms with van der Waals surface area (Å²) in [5, 5.41) is 0. The van der Waals surface area contributed by atoms with E-state index >= 15 is 0 Å². The first-order valence-corrected chi connectivity index (χ1v) is 10.3. The molecule has 0 aliphatic heterocycles. The van der Waals surface area contributed by atoms with E-state index in [2.05, 4.69) is 0 Å². The zero-order chi connectivity index (χ0) is 26.8. The summed E-state index contributed by atoms with van der Waals surface area (Å²) in [6.07, 6.45) is 0. The van der Waals surface area contributed by atoms with Gasteiger partial charge in [-0.3, -0.25) is 19.2 Å². The topological polar surface area (TPSA) is 158 Å². The van der Waals surface area contributed by atoms with Crippen LogP contribution in [0.25, 0.3) is 0 Å². The number of ether oxygens (including phenoxy) is 6. The van der Waals surface area contributed by atoms with Crippen molar-refractivity contribution in [1.82, 2.24) is 0 Å². The Kier molecular flexibility index (Phi) is 9.66. The molecule has 0 aliphatic rings. The average Bonchev–Trinajstić information content (AvgIpc) is 2.74. The van der Waals surface area contributed by atoms with Gasteiger partial charge in [0, 0.05) is 39.8 Å². The number of carbonyl (C=O) groups excluding carboxylic acids is 6. The third kappa shape index (κ3) is 9.25. The molecular weight excluding hydrogens is 480 g/mol. The molecular formula is C24H22O12. The lowest BCUT2D eigenvalue weighted by Gasteiger charge is -2.11. The summed E-state index contributed by atoms with van der Waals surface area (Å²) < 4.78 is 29.8. The fourth-order valence-corrected chi connectivity index (χ4v) is 2.71. The van der Waals surface area contributed by atoms with Gasteiger partial charge >= 0.3 is 35.8 Å². The molecule has 0 spiro atoms. The predicted molar refractivity (Wildman–Crippen MR) is 119 cm³/mol. The zero-order valence-corrected chi connectivity index (χ0v) is 19.8. The van der Waals surface area contributed by atoms with Gasteiger partial charge in [0.05, 0.1) is 11.1 Å². The van der Waals surface area contributed by atoms with Crippen LogP contribution in [0.15, 0.2) is 36.4 Å². The summed E-state index contributed by atoms with van der Waals surface area (Å²) in [4.78, 5) is 69.7. The van der Waals surface area contributed by atoms with Crippen LogP contribution in [-0.4, -0.2) is 49.0 Å². The van der Waals surface area contributed by atoms with Gasteiger partial charge in [-0.2, -0.15) is 0 Å². The number of benzene rings is 2.